The van der Waals surface area contributed by atoms with Gasteiger partial charge in [-0.25, -0.2) is 12.7 Å². The smallest absolute Gasteiger partial charge is 0.214 e. The van der Waals surface area contributed by atoms with Crippen molar-refractivity contribution in [1.82, 2.24) is 4.31 Å². The van der Waals surface area contributed by atoms with Gasteiger partial charge in [0.1, 0.15) is 0 Å². The maximum absolute atomic E-state index is 12.0. The summed E-state index contributed by atoms with van der Waals surface area (Å²) in [6, 6.07) is 0. The number of nitrogens with zero attached hydrogens (tertiary/aromatic N) is 1. The zero-order valence-electron chi connectivity index (χ0n) is 10.8. The monoisotopic (exact) mass is 263 g/mol. The van der Waals surface area contributed by atoms with Gasteiger partial charge in [0.25, 0.3) is 0 Å². The van der Waals surface area contributed by atoms with Crippen molar-refractivity contribution < 1.29 is 13.5 Å². The van der Waals surface area contributed by atoms with Crippen LogP contribution in [0.3, 0.4) is 0 Å². The summed E-state index contributed by atoms with van der Waals surface area (Å²) >= 11 is 0. The van der Waals surface area contributed by atoms with Crippen molar-refractivity contribution >= 4 is 10.0 Å². The number of piperidine rings is 1. The van der Waals surface area contributed by atoms with Gasteiger partial charge in [-0.2, -0.15) is 0 Å². The van der Waals surface area contributed by atoms with Gasteiger partial charge in [0.15, 0.2) is 0 Å². The van der Waals surface area contributed by atoms with E-state index < -0.39 is 10.0 Å². The lowest BCUT2D eigenvalue weighted by Crippen LogP contribution is -2.39. The number of rotatable bonds is 7. The van der Waals surface area contributed by atoms with E-state index in [0.717, 1.165) is 32.1 Å². The van der Waals surface area contributed by atoms with Gasteiger partial charge in [0.05, 0.1) is 5.75 Å². The number of hydrogen-bond donors (Lipinski definition) is 1. The molecule has 1 fully saturated rings. The lowest BCUT2D eigenvalue weighted by molar-refractivity contribution is 0.282. The first kappa shape index (κ1) is 14.9. The van der Waals surface area contributed by atoms with E-state index in [9.17, 15) is 8.42 Å². The van der Waals surface area contributed by atoms with Crippen LogP contribution in [0.4, 0.5) is 0 Å². The van der Waals surface area contributed by atoms with Gasteiger partial charge in [0.2, 0.25) is 10.0 Å². The van der Waals surface area contributed by atoms with Crippen LogP contribution >= 0.6 is 0 Å². The number of aliphatic hydroxyl groups excluding tert-OH is 1. The molecule has 1 aliphatic heterocycles. The van der Waals surface area contributed by atoms with Gasteiger partial charge in [-0.15, -0.1) is 0 Å². The molecular weight excluding hydrogens is 238 g/mol. The van der Waals surface area contributed by atoms with Gasteiger partial charge < -0.3 is 5.11 Å². The summed E-state index contributed by atoms with van der Waals surface area (Å²) in [5, 5.41) is 8.63. The molecule has 102 valence electrons. The standard InChI is InChI=1S/C12H25NO3S/c1-12-6-8-13(9-7-12)17(15,16)11-5-3-2-4-10-14/h12,14H,2-11H2,1H3. The predicted octanol–water partition coefficient (Wildman–Crippen LogP) is 1.60. The molecule has 0 atom stereocenters. The van der Waals surface area contributed by atoms with Crippen molar-refractivity contribution in [1.29, 1.82) is 0 Å². The quantitative estimate of drug-likeness (QED) is 0.710. The van der Waals surface area contributed by atoms with Gasteiger partial charge in [-0.05, 0) is 31.6 Å². The van der Waals surface area contributed by atoms with E-state index in [1.807, 2.05) is 0 Å². The fourth-order valence-corrected chi connectivity index (χ4v) is 3.74. The summed E-state index contributed by atoms with van der Waals surface area (Å²) < 4.78 is 25.7. The first-order valence-corrected chi connectivity index (χ1v) is 8.26. The highest BCUT2D eigenvalue weighted by Gasteiger charge is 2.25. The highest BCUT2D eigenvalue weighted by Crippen LogP contribution is 2.19. The van der Waals surface area contributed by atoms with E-state index in [0.29, 0.717) is 25.4 Å². The molecule has 0 unspecified atom stereocenters. The predicted molar refractivity (Wildman–Crippen MR) is 69.3 cm³/mol. The molecule has 0 aromatic heterocycles. The summed E-state index contributed by atoms with van der Waals surface area (Å²) in [6.45, 7) is 3.77. The van der Waals surface area contributed by atoms with E-state index in [2.05, 4.69) is 6.92 Å². The Morgan fingerprint density at radius 1 is 1.12 bits per heavy atom. The molecule has 0 spiro atoms. The van der Waals surface area contributed by atoms with Crippen LogP contribution < -0.4 is 0 Å². The number of sulfonamides is 1. The van der Waals surface area contributed by atoms with Crippen molar-refractivity contribution in [2.75, 3.05) is 25.4 Å². The Morgan fingerprint density at radius 2 is 1.71 bits per heavy atom. The van der Waals surface area contributed by atoms with Crippen LogP contribution in [0, 0.1) is 5.92 Å². The molecular formula is C12H25NO3S. The summed E-state index contributed by atoms with van der Waals surface area (Å²) in [5.74, 6) is 0.929. The average Bonchev–Trinajstić information content (AvgIpc) is 2.29. The molecule has 0 aromatic carbocycles. The van der Waals surface area contributed by atoms with E-state index in [-0.39, 0.29) is 12.4 Å². The lowest BCUT2D eigenvalue weighted by atomic mass is 10.0. The second-order valence-corrected chi connectivity index (χ2v) is 7.12. The Morgan fingerprint density at radius 3 is 2.29 bits per heavy atom. The molecule has 0 bridgehead atoms. The highest BCUT2D eigenvalue weighted by molar-refractivity contribution is 7.89. The highest BCUT2D eigenvalue weighted by atomic mass is 32.2. The largest absolute Gasteiger partial charge is 0.396 e. The molecule has 1 aliphatic rings. The van der Waals surface area contributed by atoms with Crippen LogP contribution in [0.25, 0.3) is 0 Å². The summed E-state index contributed by atoms with van der Waals surface area (Å²) in [7, 11) is -3.02. The third-order valence-electron chi connectivity index (χ3n) is 3.45. The van der Waals surface area contributed by atoms with Crippen LogP contribution in [0.5, 0.6) is 0 Å². The number of hydrogen-bond acceptors (Lipinski definition) is 3. The molecule has 0 aromatic rings. The molecule has 0 radical (unpaired) electrons. The zero-order chi connectivity index (χ0) is 12.7. The van der Waals surface area contributed by atoms with E-state index in [1.54, 1.807) is 4.31 Å². The first-order valence-electron chi connectivity index (χ1n) is 6.65. The Balaban J connectivity index is 2.25. The maximum atomic E-state index is 12.0. The molecule has 0 aliphatic carbocycles. The second-order valence-electron chi connectivity index (χ2n) is 5.04. The minimum atomic E-state index is -3.02. The molecule has 1 saturated heterocycles. The van der Waals surface area contributed by atoms with Gasteiger partial charge in [0, 0.05) is 19.7 Å². The van der Waals surface area contributed by atoms with Crippen LogP contribution in [-0.4, -0.2) is 43.3 Å². The van der Waals surface area contributed by atoms with Crippen molar-refractivity contribution in [3.63, 3.8) is 0 Å². The van der Waals surface area contributed by atoms with Crippen LogP contribution in [0.1, 0.15) is 45.4 Å². The first-order chi connectivity index (χ1) is 8.06. The number of unbranched alkanes of at least 4 members (excludes halogenated alkanes) is 3. The molecule has 0 saturated carbocycles. The van der Waals surface area contributed by atoms with E-state index in [1.165, 1.54) is 0 Å². The fraction of sp³-hybridized carbons (Fsp3) is 1.00. The summed E-state index contributed by atoms with van der Waals surface area (Å²) in [6.07, 6.45) is 5.29. The second kappa shape index (κ2) is 7.34. The normalized spacial score (nSPS) is 19.6. The third-order valence-corrected chi connectivity index (χ3v) is 5.40. The van der Waals surface area contributed by atoms with Gasteiger partial charge in [-0.3, -0.25) is 0 Å². The van der Waals surface area contributed by atoms with Crippen LogP contribution in [0.2, 0.25) is 0 Å². The molecule has 1 N–H and O–H groups in total. The Labute approximate surface area is 105 Å². The van der Waals surface area contributed by atoms with Crippen molar-refractivity contribution in [3.05, 3.63) is 0 Å². The minimum Gasteiger partial charge on any atom is -0.396 e. The van der Waals surface area contributed by atoms with Crippen molar-refractivity contribution in [3.8, 4) is 0 Å². The van der Waals surface area contributed by atoms with E-state index >= 15 is 0 Å². The van der Waals surface area contributed by atoms with E-state index in [4.69, 9.17) is 5.11 Å². The number of aliphatic hydroxyl groups is 1. The maximum Gasteiger partial charge on any atom is 0.214 e. The Kier molecular flexibility index (Phi) is 6.44. The summed E-state index contributed by atoms with van der Waals surface area (Å²) in [4.78, 5) is 0. The topological polar surface area (TPSA) is 57.6 Å². The SMILES string of the molecule is CC1CCN(S(=O)(=O)CCCCCCO)CC1. The molecule has 5 heteroatoms. The van der Waals surface area contributed by atoms with Crippen LogP contribution in [-0.2, 0) is 10.0 Å². The average molecular weight is 263 g/mol. The molecule has 1 rings (SSSR count). The lowest BCUT2D eigenvalue weighted by Gasteiger charge is -2.29. The van der Waals surface area contributed by atoms with Gasteiger partial charge in [-0.1, -0.05) is 19.8 Å². The fourth-order valence-electron chi connectivity index (χ4n) is 2.14. The minimum absolute atomic E-state index is 0.205. The van der Waals surface area contributed by atoms with Gasteiger partial charge >= 0.3 is 0 Å². The Bertz CT molecular complexity index is 295. The third kappa shape index (κ3) is 5.36. The molecule has 17 heavy (non-hydrogen) atoms. The van der Waals surface area contributed by atoms with Crippen LogP contribution in [0.15, 0.2) is 0 Å². The molecule has 4 nitrogen and oxygen atoms in total. The van der Waals surface area contributed by atoms with Crippen molar-refractivity contribution in [2.45, 2.75) is 45.4 Å². The molecule has 1 heterocycles. The van der Waals surface area contributed by atoms with Crippen molar-refractivity contribution in [2.24, 2.45) is 5.92 Å². The molecule has 0 amide bonds. The Hall–Kier alpha value is -0.130. The zero-order valence-corrected chi connectivity index (χ0v) is 11.6. The summed E-state index contributed by atoms with van der Waals surface area (Å²) in [5.41, 5.74) is 0.